The van der Waals surface area contributed by atoms with Crippen LogP contribution >= 0.6 is 12.2 Å². The zero-order valence-corrected chi connectivity index (χ0v) is 17.4. The van der Waals surface area contributed by atoms with Crippen molar-refractivity contribution in [1.82, 2.24) is 5.43 Å². The van der Waals surface area contributed by atoms with Crippen LogP contribution in [0.3, 0.4) is 0 Å². The average Bonchev–Trinajstić information content (AvgIpc) is 2.68. The highest BCUT2D eigenvalue weighted by molar-refractivity contribution is 7.80. The molecular formula is C20H23F3N4O2S. The highest BCUT2D eigenvalue weighted by Crippen LogP contribution is 2.27. The van der Waals surface area contributed by atoms with Gasteiger partial charge in [-0.15, -0.1) is 13.2 Å². The number of benzene rings is 2. The molecule has 0 aliphatic rings. The molecular weight excluding hydrogens is 417 g/mol. The number of nitrogens with one attached hydrogen (secondary N) is 1. The number of hydrogen-bond donors (Lipinski definition) is 2. The Morgan fingerprint density at radius 3 is 2.40 bits per heavy atom. The van der Waals surface area contributed by atoms with Crippen molar-refractivity contribution in [3.8, 4) is 11.5 Å². The Hall–Kier alpha value is -3.01. The maximum absolute atomic E-state index is 12.3. The third kappa shape index (κ3) is 7.43. The van der Waals surface area contributed by atoms with Gasteiger partial charge in [0.1, 0.15) is 18.1 Å². The number of hydrazone groups is 1. The Kier molecular flexibility index (Phi) is 8.28. The van der Waals surface area contributed by atoms with Crippen LogP contribution in [0.2, 0.25) is 0 Å². The van der Waals surface area contributed by atoms with Crippen molar-refractivity contribution in [2.24, 2.45) is 10.8 Å². The van der Waals surface area contributed by atoms with E-state index in [2.05, 4.69) is 34.0 Å². The summed E-state index contributed by atoms with van der Waals surface area (Å²) in [6.45, 7) is 5.91. The van der Waals surface area contributed by atoms with Crippen LogP contribution in [0.5, 0.6) is 11.5 Å². The molecule has 0 fully saturated rings. The summed E-state index contributed by atoms with van der Waals surface area (Å²) in [7, 11) is 0. The number of thiocarbonyl (C=S) groups is 1. The van der Waals surface area contributed by atoms with E-state index >= 15 is 0 Å². The van der Waals surface area contributed by atoms with Gasteiger partial charge in [0, 0.05) is 30.4 Å². The van der Waals surface area contributed by atoms with Crippen LogP contribution in [0.1, 0.15) is 25.0 Å². The van der Waals surface area contributed by atoms with Crippen LogP contribution in [0, 0.1) is 0 Å². The zero-order chi connectivity index (χ0) is 22.1. The molecule has 0 aliphatic heterocycles. The second-order valence-corrected chi connectivity index (χ2v) is 6.55. The topological polar surface area (TPSA) is 72.1 Å². The van der Waals surface area contributed by atoms with Crippen molar-refractivity contribution in [3.63, 3.8) is 0 Å². The minimum Gasteiger partial charge on any atom is -0.488 e. The zero-order valence-electron chi connectivity index (χ0n) is 16.6. The molecule has 0 amide bonds. The van der Waals surface area contributed by atoms with Gasteiger partial charge in [-0.3, -0.25) is 5.43 Å². The standard InChI is InChI=1S/C20H23F3N4O2S/c1-3-27(4-2)16-8-7-15(12-25-26-19(24)30)18(11-16)28-13-14-5-9-17(10-6-14)29-20(21,22)23/h5-12H,3-4,13H2,1-2H3,(H3,24,26,30). The highest BCUT2D eigenvalue weighted by Gasteiger charge is 2.30. The van der Waals surface area contributed by atoms with Crippen molar-refractivity contribution in [3.05, 3.63) is 53.6 Å². The molecule has 0 unspecified atom stereocenters. The Bertz CT molecular complexity index is 869. The highest BCUT2D eigenvalue weighted by atomic mass is 32.1. The van der Waals surface area contributed by atoms with Gasteiger partial charge in [-0.25, -0.2) is 0 Å². The largest absolute Gasteiger partial charge is 0.573 e. The normalized spacial score (nSPS) is 11.4. The summed E-state index contributed by atoms with van der Waals surface area (Å²) in [6.07, 6.45) is -3.20. The molecule has 6 nitrogen and oxygen atoms in total. The molecule has 0 saturated carbocycles. The fourth-order valence-corrected chi connectivity index (χ4v) is 2.71. The van der Waals surface area contributed by atoms with Crippen LogP contribution < -0.4 is 25.5 Å². The lowest BCUT2D eigenvalue weighted by atomic mass is 10.1. The molecule has 2 aromatic rings. The smallest absolute Gasteiger partial charge is 0.488 e. The van der Waals surface area contributed by atoms with Crippen molar-refractivity contribution in [1.29, 1.82) is 0 Å². The van der Waals surface area contributed by atoms with E-state index in [1.807, 2.05) is 18.2 Å². The maximum atomic E-state index is 12.3. The Morgan fingerprint density at radius 1 is 1.17 bits per heavy atom. The average molecular weight is 440 g/mol. The summed E-state index contributed by atoms with van der Waals surface area (Å²) >= 11 is 4.72. The molecule has 0 aromatic heterocycles. The van der Waals surface area contributed by atoms with Gasteiger partial charge in [0.15, 0.2) is 5.11 Å². The predicted octanol–water partition coefficient (Wildman–Crippen LogP) is 4.18. The van der Waals surface area contributed by atoms with Gasteiger partial charge in [-0.2, -0.15) is 5.10 Å². The summed E-state index contributed by atoms with van der Waals surface area (Å²) in [4.78, 5) is 2.16. The molecule has 162 valence electrons. The van der Waals surface area contributed by atoms with E-state index in [1.165, 1.54) is 30.5 Å². The SMILES string of the molecule is CCN(CC)c1ccc(C=NNC(N)=S)c(OCc2ccc(OC(F)(F)F)cc2)c1. The van der Waals surface area contributed by atoms with Gasteiger partial charge in [0.05, 0.1) is 6.21 Å². The molecule has 0 heterocycles. The number of halogens is 3. The summed E-state index contributed by atoms with van der Waals surface area (Å²) < 4.78 is 46.7. The summed E-state index contributed by atoms with van der Waals surface area (Å²) in [5.74, 6) is 0.273. The maximum Gasteiger partial charge on any atom is 0.573 e. The van der Waals surface area contributed by atoms with E-state index in [4.69, 9.17) is 22.7 Å². The van der Waals surface area contributed by atoms with Gasteiger partial charge in [-0.1, -0.05) is 12.1 Å². The fraction of sp³-hybridized carbons (Fsp3) is 0.300. The van der Waals surface area contributed by atoms with Crippen molar-refractivity contribution in [2.75, 3.05) is 18.0 Å². The number of rotatable bonds is 9. The van der Waals surface area contributed by atoms with Gasteiger partial charge >= 0.3 is 6.36 Å². The first kappa shape index (κ1) is 23.3. The molecule has 10 heteroatoms. The lowest BCUT2D eigenvalue weighted by Gasteiger charge is -2.22. The summed E-state index contributed by atoms with van der Waals surface area (Å²) in [6, 6.07) is 11.2. The summed E-state index contributed by atoms with van der Waals surface area (Å²) in [5.41, 5.74) is 10.2. The first-order valence-corrected chi connectivity index (χ1v) is 9.57. The van der Waals surface area contributed by atoms with Crippen molar-refractivity contribution >= 4 is 29.2 Å². The van der Waals surface area contributed by atoms with Crippen LogP contribution in [0.15, 0.2) is 47.6 Å². The molecule has 30 heavy (non-hydrogen) atoms. The van der Waals surface area contributed by atoms with Crippen molar-refractivity contribution in [2.45, 2.75) is 26.8 Å². The Morgan fingerprint density at radius 2 is 1.83 bits per heavy atom. The van der Waals surface area contributed by atoms with Gasteiger partial charge in [0.2, 0.25) is 0 Å². The molecule has 0 radical (unpaired) electrons. The monoisotopic (exact) mass is 440 g/mol. The van der Waals surface area contributed by atoms with Crippen LogP contribution in [-0.4, -0.2) is 30.8 Å². The van der Waals surface area contributed by atoms with E-state index < -0.39 is 6.36 Å². The first-order valence-electron chi connectivity index (χ1n) is 9.16. The van der Waals surface area contributed by atoms with E-state index in [1.54, 1.807) is 0 Å². The molecule has 0 spiro atoms. The third-order valence-electron chi connectivity index (χ3n) is 4.06. The molecule has 2 rings (SSSR count). The van der Waals surface area contributed by atoms with E-state index in [-0.39, 0.29) is 17.5 Å². The Labute approximate surface area is 178 Å². The summed E-state index contributed by atoms with van der Waals surface area (Å²) in [5, 5.41) is 4.00. The van der Waals surface area contributed by atoms with Crippen molar-refractivity contribution < 1.29 is 22.6 Å². The second kappa shape index (κ2) is 10.7. The first-order chi connectivity index (χ1) is 14.2. The molecule has 0 atom stereocenters. The number of hydrogen-bond acceptors (Lipinski definition) is 5. The molecule has 3 N–H and O–H groups in total. The van der Waals surface area contributed by atoms with Crippen LogP contribution in [0.25, 0.3) is 0 Å². The number of ether oxygens (including phenoxy) is 2. The number of anilines is 1. The molecule has 0 bridgehead atoms. The van der Waals surface area contributed by atoms with Crippen LogP contribution in [0.4, 0.5) is 18.9 Å². The second-order valence-electron chi connectivity index (χ2n) is 6.11. The van der Waals surface area contributed by atoms with Gasteiger partial charge < -0.3 is 20.1 Å². The van der Waals surface area contributed by atoms with E-state index in [0.29, 0.717) is 16.9 Å². The number of alkyl halides is 3. The molecule has 2 aromatic carbocycles. The lowest BCUT2D eigenvalue weighted by Crippen LogP contribution is -2.24. The van der Waals surface area contributed by atoms with E-state index in [9.17, 15) is 13.2 Å². The van der Waals surface area contributed by atoms with E-state index in [0.717, 1.165) is 18.8 Å². The Balaban J connectivity index is 2.19. The number of nitrogens with zero attached hydrogens (tertiary/aromatic N) is 2. The van der Waals surface area contributed by atoms with Gasteiger partial charge in [-0.05, 0) is 55.9 Å². The van der Waals surface area contributed by atoms with Crippen LogP contribution in [-0.2, 0) is 6.61 Å². The molecule has 0 aliphatic carbocycles. The minimum atomic E-state index is -4.73. The molecule has 0 saturated heterocycles. The predicted molar refractivity (Wildman–Crippen MR) is 115 cm³/mol. The quantitative estimate of drug-likeness (QED) is 0.346. The third-order valence-corrected chi connectivity index (χ3v) is 4.15. The van der Waals surface area contributed by atoms with Gasteiger partial charge in [0.25, 0.3) is 0 Å². The number of nitrogens with two attached hydrogens (primary N) is 1. The fourth-order valence-electron chi connectivity index (χ4n) is 2.65. The lowest BCUT2D eigenvalue weighted by molar-refractivity contribution is -0.274. The minimum absolute atomic E-state index is 0.0367.